The van der Waals surface area contributed by atoms with E-state index in [-0.39, 0.29) is 5.91 Å². The molecule has 0 atom stereocenters. The lowest BCUT2D eigenvalue weighted by atomic mass is 10.1. The molecule has 0 aliphatic carbocycles. The van der Waals surface area contributed by atoms with Crippen LogP contribution in [0.15, 0.2) is 36.7 Å². The second-order valence-electron chi connectivity index (χ2n) is 6.96. The molecular weight excluding hydrogens is 328 g/mol. The fourth-order valence-corrected chi connectivity index (χ4v) is 3.10. The van der Waals surface area contributed by atoms with Crippen molar-refractivity contribution in [3.8, 4) is 17.0 Å². The number of piperazine rings is 1. The first-order valence-corrected chi connectivity index (χ1v) is 9.06. The minimum Gasteiger partial charge on any atom is -0.497 e. The van der Waals surface area contributed by atoms with Crippen LogP contribution in [0, 0.1) is 5.92 Å². The Morgan fingerprint density at radius 2 is 1.81 bits per heavy atom. The molecule has 6 nitrogen and oxygen atoms in total. The van der Waals surface area contributed by atoms with E-state index in [0.29, 0.717) is 12.3 Å². The zero-order valence-corrected chi connectivity index (χ0v) is 15.7. The van der Waals surface area contributed by atoms with Gasteiger partial charge in [-0.2, -0.15) is 0 Å². The van der Waals surface area contributed by atoms with Crippen LogP contribution in [0.25, 0.3) is 11.3 Å². The number of benzene rings is 1. The summed E-state index contributed by atoms with van der Waals surface area (Å²) < 4.78 is 5.20. The van der Waals surface area contributed by atoms with Crippen LogP contribution in [-0.4, -0.2) is 54.1 Å². The van der Waals surface area contributed by atoms with Gasteiger partial charge in [-0.3, -0.25) is 4.79 Å². The van der Waals surface area contributed by atoms with E-state index in [1.165, 1.54) is 0 Å². The molecule has 26 heavy (non-hydrogen) atoms. The second kappa shape index (κ2) is 8.17. The number of methoxy groups -OCH3 is 1. The molecule has 6 heteroatoms. The van der Waals surface area contributed by atoms with Crippen LogP contribution in [0.1, 0.15) is 20.3 Å². The summed E-state index contributed by atoms with van der Waals surface area (Å²) in [6.45, 7) is 7.23. The Morgan fingerprint density at radius 1 is 1.12 bits per heavy atom. The van der Waals surface area contributed by atoms with Gasteiger partial charge in [0, 0.05) is 44.2 Å². The van der Waals surface area contributed by atoms with E-state index in [1.54, 1.807) is 13.4 Å². The third-order valence-corrected chi connectivity index (χ3v) is 4.58. The van der Waals surface area contributed by atoms with E-state index < -0.39 is 0 Å². The van der Waals surface area contributed by atoms with E-state index in [4.69, 9.17) is 4.74 Å². The van der Waals surface area contributed by atoms with Crippen molar-refractivity contribution in [3.05, 3.63) is 36.7 Å². The quantitative estimate of drug-likeness (QED) is 0.826. The van der Waals surface area contributed by atoms with Gasteiger partial charge in [0.05, 0.1) is 12.8 Å². The topological polar surface area (TPSA) is 58.6 Å². The van der Waals surface area contributed by atoms with Crippen LogP contribution in [0.5, 0.6) is 5.75 Å². The number of hydrogen-bond acceptors (Lipinski definition) is 5. The van der Waals surface area contributed by atoms with Gasteiger partial charge >= 0.3 is 0 Å². The maximum Gasteiger partial charge on any atom is 0.222 e. The number of hydrogen-bond donors (Lipinski definition) is 0. The molecule has 1 fully saturated rings. The summed E-state index contributed by atoms with van der Waals surface area (Å²) in [7, 11) is 1.66. The first-order chi connectivity index (χ1) is 12.6. The number of anilines is 1. The largest absolute Gasteiger partial charge is 0.497 e. The zero-order valence-electron chi connectivity index (χ0n) is 15.7. The number of aromatic nitrogens is 2. The molecule has 1 aliphatic heterocycles. The highest BCUT2D eigenvalue weighted by Gasteiger charge is 2.22. The summed E-state index contributed by atoms with van der Waals surface area (Å²) in [6, 6.07) is 9.85. The summed E-state index contributed by atoms with van der Waals surface area (Å²) >= 11 is 0. The van der Waals surface area contributed by atoms with E-state index in [9.17, 15) is 4.79 Å². The van der Waals surface area contributed by atoms with Gasteiger partial charge in [-0.25, -0.2) is 9.97 Å². The average molecular weight is 354 g/mol. The predicted octanol–water partition coefficient (Wildman–Crippen LogP) is 2.85. The van der Waals surface area contributed by atoms with Gasteiger partial charge < -0.3 is 14.5 Å². The molecule has 2 heterocycles. The Hall–Kier alpha value is -2.63. The monoisotopic (exact) mass is 354 g/mol. The lowest BCUT2D eigenvalue weighted by Crippen LogP contribution is -2.49. The standard InChI is InChI=1S/C20H26N4O2/c1-15(2)12-20(25)24-10-8-23(9-11-24)19-13-18(21-14-22-19)16-4-6-17(26-3)7-5-16/h4-7,13-15H,8-12H2,1-3H3. The molecule has 0 saturated carbocycles. The number of nitrogens with zero attached hydrogens (tertiary/aromatic N) is 4. The number of amides is 1. The van der Waals surface area contributed by atoms with Crippen LogP contribution in [0.4, 0.5) is 5.82 Å². The zero-order chi connectivity index (χ0) is 18.5. The smallest absolute Gasteiger partial charge is 0.222 e. The fraction of sp³-hybridized carbons (Fsp3) is 0.450. The minimum atomic E-state index is 0.251. The first-order valence-electron chi connectivity index (χ1n) is 9.06. The van der Waals surface area contributed by atoms with Crippen molar-refractivity contribution in [2.75, 3.05) is 38.2 Å². The molecule has 0 unspecified atom stereocenters. The predicted molar refractivity (Wildman–Crippen MR) is 102 cm³/mol. The van der Waals surface area contributed by atoms with Crippen LogP contribution in [0.3, 0.4) is 0 Å². The van der Waals surface area contributed by atoms with Crippen molar-refractivity contribution in [3.63, 3.8) is 0 Å². The van der Waals surface area contributed by atoms with E-state index in [1.807, 2.05) is 35.2 Å². The molecule has 1 saturated heterocycles. The van der Waals surface area contributed by atoms with Gasteiger partial charge in [0.1, 0.15) is 17.9 Å². The van der Waals surface area contributed by atoms with Gasteiger partial charge in [0.15, 0.2) is 0 Å². The van der Waals surface area contributed by atoms with Crippen molar-refractivity contribution in [1.82, 2.24) is 14.9 Å². The van der Waals surface area contributed by atoms with Crippen molar-refractivity contribution in [2.24, 2.45) is 5.92 Å². The lowest BCUT2D eigenvalue weighted by Gasteiger charge is -2.35. The first kappa shape index (κ1) is 18.2. The van der Waals surface area contributed by atoms with Gasteiger partial charge in [-0.05, 0) is 30.2 Å². The van der Waals surface area contributed by atoms with Crippen molar-refractivity contribution in [2.45, 2.75) is 20.3 Å². The molecule has 0 spiro atoms. The Kier molecular flexibility index (Phi) is 5.71. The van der Waals surface area contributed by atoms with E-state index in [0.717, 1.165) is 49.0 Å². The van der Waals surface area contributed by atoms with Gasteiger partial charge in [-0.1, -0.05) is 13.8 Å². The third kappa shape index (κ3) is 4.31. The summed E-state index contributed by atoms with van der Waals surface area (Å²) in [6.07, 6.45) is 2.22. The maximum absolute atomic E-state index is 12.2. The summed E-state index contributed by atoms with van der Waals surface area (Å²) in [5.74, 6) is 2.38. The van der Waals surface area contributed by atoms with Gasteiger partial charge in [0.25, 0.3) is 0 Å². The third-order valence-electron chi connectivity index (χ3n) is 4.58. The highest BCUT2D eigenvalue weighted by Crippen LogP contribution is 2.23. The SMILES string of the molecule is COc1ccc(-c2cc(N3CCN(C(=O)CC(C)C)CC3)ncn2)cc1. The van der Waals surface area contributed by atoms with Crippen LogP contribution in [-0.2, 0) is 4.79 Å². The van der Waals surface area contributed by atoms with Crippen LogP contribution >= 0.6 is 0 Å². The lowest BCUT2D eigenvalue weighted by molar-refractivity contribution is -0.132. The van der Waals surface area contributed by atoms with Crippen molar-refractivity contribution < 1.29 is 9.53 Å². The Labute approximate surface area is 154 Å². The Balaban J connectivity index is 1.66. The number of carbonyl (C=O) groups is 1. The molecule has 0 N–H and O–H groups in total. The Bertz CT molecular complexity index is 738. The van der Waals surface area contributed by atoms with Gasteiger partial charge in [0.2, 0.25) is 5.91 Å². The minimum absolute atomic E-state index is 0.251. The normalized spacial score (nSPS) is 14.6. The number of rotatable bonds is 5. The maximum atomic E-state index is 12.2. The molecule has 1 aromatic carbocycles. The van der Waals surface area contributed by atoms with E-state index >= 15 is 0 Å². The molecule has 1 amide bonds. The summed E-state index contributed by atoms with van der Waals surface area (Å²) in [4.78, 5) is 25.2. The summed E-state index contributed by atoms with van der Waals surface area (Å²) in [5.41, 5.74) is 1.91. The van der Waals surface area contributed by atoms with Crippen LogP contribution < -0.4 is 9.64 Å². The Morgan fingerprint density at radius 3 is 2.42 bits per heavy atom. The van der Waals surface area contributed by atoms with Crippen molar-refractivity contribution >= 4 is 11.7 Å². The highest BCUT2D eigenvalue weighted by atomic mass is 16.5. The molecule has 1 aromatic heterocycles. The summed E-state index contributed by atoms with van der Waals surface area (Å²) in [5, 5.41) is 0. The molecular formula is C20H26N4O2. The molecule has 138 valence electrons. The second-order valence-corrected chi connectivity index (χ2v) is 6.96. The molecule has 1 aliphatic rings. The fourth-order valence-electron chi connectivity index (χ4n) is 3.10. The molecule has 0 radical (unpaired) electrons. The number of carbonyl (C=O) groups excluding carboxylic acids is 1. The van der Waals surface area contributed by atoms with Gasteiger partial charge in [-0.15, -0.1) is 0 Å². The average Bonchev–Trinajstić information content (AvgIpc) is 2.68. The highest BCUT2D eigenvalue weighted by molar-refractivity contribution is 5.76. The molecule has 3 rings (SSSR count). The molecule has 2 aromatic rings. The number of ether oxygens (including phenoxy) is 1. The van der Waals surface area contributed by atoms with E-state index in [2.05, 4.69) is 28.7 Å². The van der Waals surface area contributed by atoms with Crippen molar-refractivity contribution in [1.29, 1.82) is 0 Å². The van der Waals surface area contributed by atoms with Crippen LogP contribution in [0.2, 0.25) is 0 Å². The molecule has 0 bridgehead atoms.